The van der Waals surface area contributed by atoms with Crippen LogP contribution in [-0.2, 0) is 11.2 Å². The topological polar surface area (TPSA) is 31.2 Å². The highest BCUT2D eigenvalue weighted by Crippen LogP contribution is 2.29. The van der Waals surface area contributed by atoms with E-state index in [1.165, 1.54) is 11.1 Å². The molecule has 0 aliphatic heterocycles. The lowest BCUT2D eigenvalue weighted by atomic mass is 9.95. The van der Waals surface area contributed by atoms with Gasteiger partial charge in [0.2, 0.25) is 0 Å². The van der Waals surface area contributed by atoms with E-state index in [4.69, 9.17) is 4.74 Å². The highest BCUT2D eigenvalue weighted by molar-refractivity contribution is 5.94. The second-order valence-electron chi connectivity index (χ2n) is 6.18. The van der Waals surface area contributed by atoms with Crippen LogP contribution in [0.25, 0.3) is 17.0 Å². The summed E-state index contributed by atoms with van der Waals surface area (Å²) in [5.41, 5.74) is 2.94. The molecule has 0 bridgehead atoms. The van der Waals surface area contributed by atoms with Crippen molar-refractivity contribution in [1.82, 2.24) is 4.57 Å². The Morgan fingerprint density at radius 1 is 1.25 bits per heavy atom. The lowest BCUT2D eigenvalue weighted by Gasteiger charge is -2.21. The number of hydrogen-bond donors (Lipinski definition) is 0. The van der Waals surface area contributed by atoms with E-state index < -0.39 is 5.60 Å². The van der Waals surface area contributed by atoms with E-state index in [9.17, 15) is 4.79 Å². The standard InChI is InChI=1S/C17H19NO2/c1-17(2,3)20-16(19)18-11-10-13-9-8-12-6-4-5-7-14(12)15(13)18/h4,6,8-11H,5,7H2,1-3H3. The van der Waals surface area contributed by atoms with Crippen LogP contribution in [0.15, 0.2) is 30.5 Å². The minimum absolute atomic E-state index is 0.310. The number of aromatic nitrogens is 1. The second-order valence-corrected chi connectivity index (χ2v) is 6.18. The van der Waals surface area contributed by atoms with Gasteiger partial charge in [0.1, 0.15) is 5.60 Å². The fourth-order valence-electron chi connectivity index (χ4n) is 2.64. The van der Waals surface area contributed by atoms with Crippen molar-refractivity contribution in [1.29, 1.82) is 0 Å². The molecule has 1 aromatic carbocycles. The van der Waals surface area contributed by atoms with Crippen molar-refractivity contribution in [2.24, 2.45) is 0 Å². The van der Waals surface area contributed by atoms with Crippen molar-refractivity contribution in [2.45, 2.75) is 39.2 Å². The normalized spacial score (nSPS) is 14.3. The number of allylic oxidation sites excluding steroid dienone is 1. The van der Waals surface area contributed by atoms with Gasteiger partial charge in [-0.05, 0) is 50.8 Å². The Bertz CT molecular complexity index is 702. The Balaban J connectivity index is 2.13. The lowest BCUT2D eigenvalue weighted by Crippen LogP contribution is -2.27. The average Bonchev–Trinajstić information content (AvgIpc) is 2.81. The summed E-state index contributed by atoms with van der Waals surface area (Å²) in [5.74, 6) is 0. The number of ether oxygens (including phenoxy) is 1. The molecule has 2 aromatic rings. The number of benzene rings is 1. The lowest BCUT2D eigenvalue weighted by molar-refractivity contribution is 0.0544. The van der Waals surface area contributed by atoms with E-state index in [2.05, 4.69) is 24.3 Å². The van der Waals surface area contributed by atoms with Crippen LogP contribution in [0.5, 0.6) is 0 Å². The van der Waals surface area contributed by atoms with E-state index in [-0.39, 0.29) is 6.09 Å². The van der Waals surface area contributed by atoms with Gasteiger partial charge in [0.05, 0.1) is 5.52 Å². The number of fused-ring (bicyclic) bond motifs is 3. The van der Waals surface area contributed by atoms with E-state index in [1.54, 1.807) is 10.8 Å². The van der Waals surface area contributed by atoms with E-state index in [1.807, 2.05) is 26.8 Å². The van der Waals surface area contributed by atoms with Crippen LogP contribution in [0.3, 0.4) is 0 Å². The monoisotopic (exact) mass is 269 g/mol. The van der Waals surface area contributed by atoms with Gasteiger partial charge in [-0.3, -0.25) is 4.57 Å². The summed E-state index contributed by atoms with van der Waals surface area (Å²) in [4.78, 5) is 12.3. The number of rotatable bonds is 0. The molecule has 20 heavy (non-hydrogen) atoms. The van der Waals surface area contributed by atoms with Gasteiger partial charge in [0, 0.05) is 11.6 Å². The third-order valence-corrected chi connectivity index (χ3v) is 3.44. The maximum absolute atomic E-state index is 12.3. The average molecular weight is 269 g/mol. The van der Waals surface area contributed by atoms with Crippen LogP contribution in [0.1, 0.15) is 38.3 Å². The predicted molar refractivity (Wildman–Crippen MR) is 80.9 cm³/mol. The van der Waals surface area contributed by atoms with Gasteiger partial charge < -0.3 is 4.74 Å². The van der Waals surface area contributed by atoms with Gasteiger partial charge in [-0.25, -0.2) is 4.79 Å². The molecule has 0 N–H and O–H groups in total. The van der Waals surface area contributed by atoms with Crippen LogP contribution in [0.2, 0.25) is 0 Å². The summed E-state index contributed by atoms with van der Waals surface area (Å²) in [6, 6.07) is 6.15. The third kappa shape index (κ3) is 2.24. The number of carbonyl (C=O) groups is 1. The molecule has 3 nitrogen and oxygen atoms in total. The molecule has 0 saturated carbocycles. The fourth-order valence-corrected chi connectivity index (χ4v) is 2.64. The number of hydrogen-bond acceptors (Lipinski definition) is 2. The summed E-state index contributed by atoms with van der Waals surface area (Å²) < 4.78 is 7.12. The largest absolute Gasteiger partial charge is 0.443 e. The molecule has 1 aliphatic rings. The molecule has 0 fully saturated rings. The molecule has 104 valence electrons. The predicted octanol–water partition coefficient (Wildman–Crippen LogP) is 4.38. The van der Waals surface area contributed by atoms with E-state index in [0.717, 1.165) is 23.7 Å². The van der Waals surface area contributed by atoms with Gasteiger partial charge in [0.25, 0.3) is 0 Å². The van der Waals surface area contributed by atoms with Crippen LogP contribution < -0.4 is 0 Å². The first-order valence-electron chi connectivity index (χ1n) is 6.98. The van der Waals surface area contributed by atoms with E-state index in [0.29, 0.717) is 0 Å². The van der Waals surface area contributed by atoms with Crippen molar-refractivity contribution in [3.05, 3.63) is 41.6 Å². The molecular formula is C17H19NO2. The molecule has 0 atom stereocenters. The Labute approximate surface area is 118 Å². The zero-order valence-electron chi connectivity index (χ0n) is 12.1. The summed E-state index contributed by atoms with van der Waals surface area (Å²) in [7, 11) is 0. The minimum Gasteiger partial charge on any atom is -0.443 e. The zero-order chi connectivity index (χ0) is 14.3. The van der Waals surface area contributed by atoms with Gasteiger partial charge in [-0.15, -0.1) is 0 Å². The summed E-state index contributed by atoms with van der Waals surface area (Å²) in [6.45, 7) is 5.65. The summed E-state index contributed by atoms with van der Waals surface area (Å²) in [5, 5.41) is 1.09. The van der Waals surface area contributed by atoms with Crippen molar-refractivity contribution in [2.75, 3.05) is 0 Å². The van der Waals surface area contributed by atoms with Gasteiger partial charge in [-0.2, -0.15) is 0 Å². The molecule has 0 spiro atoms. The smallest absolute Gasteiger partial charge is 0.419 e. The molecular weight excluding hydrogens is 250 g/mol. The summed E-state index contributed by atoms with van der Waals surface area (Å²) in [6.07, 6.45) is 7.79. The number of aryl methyl sites for hydroxylation is 1. The van der Waals surface area contributed by atoms with Crippen LogP contribution in [-0.4, -0.2) is 16.3 Å². The Kier molecular flexibility index (Phi) is 2.93. The maximum Gasteiger partial charge on any atom is 0.419 e. The first-order valence-corrected chi connectivity index (χ1v) is 6.98. The van der Waals surface area contributed by atoms with Crippen molar-refractivity contribution in [3.63, 3.8) is 0 Å². The Morgan fingerprint density at radius 3 is 2.80 bits per heavy atom. The van der Waals surface area contributed by atoms with Gasteiger partial charge in [-0.1, -0.05) is 24.3 Å². The Hall–Kier alpha value is -2.03. The number of nitrogens with zero attached hydrogens (tertiary/aromatic N) is 1. The number of carbonyl (C=O) groups excluding carboxylic acids is 1. The minimum atomic E-state index is -0.484. The third-order valence-electron chi connectivity index (χ3n) is 3.44. The van der Waals surface area contributed by atoms with Crippen molar-refractivity contribution < 1.29 is 9.53 Å². The first kappa shape index (κ1) is 13.0. The zero-order valence-corrected chi connectivity index (χ0v) is 12.1. The molecule has 1 heterocycles. The quantitative estimate of drug-likeness (QED) is 0.710. The van der Waals surface area contributed by atoms with Crippen molar-refractivity contribution in [3.8, 4) is 0 Å². The molecule has 1 aliphatic carbocycles. The molecule has 0 amide bonds. The second kappa shape index (κ2) is 4.51. The maximum atomic E-state index is 12.3. The molecule has 0 unspecified atom stereocenters. The van der Waals surface area contributed by atoms with Crippen LogP contribution >= 0.6 is 0 Å². The SMILES string of the molecule is CC(C)(C)OC(=O)n1ccc2ccc3c(c21)CCC=C3. The van der Waals surface area contributed by atoms with Gasteiger partial charge in [0.15, 0.2) is 0 Å². The van der Waals surface area contributed by atoms with Gasteiger partial charge >= 0.3 is 6.09 Å². The molecule has 1 aromatic heterocycles. The Morgan fingerprint density at radius 2 is 2.05 bits per heavy atom. The van der Waals surface area contributed by atoms with Crippen molar-refractivity contribution >= 4 is 23.1 Å². The fraction of sp³-hybridized carbons (Fsp3) is 0.353. The highest BCUT2D eigenvalue weighted by atomic mass is 16.6. The molecule has 0 radical (unpaired) electrons. The first-order chi connectivity index (χ1) is 9.46. The highest BCUT2D eigenvalue weighted by Gasteiger charge is 2.21. The molecule has 3 heteroatoms. The van der Waals surface area contributed by atoms with E-state index >= 15 is 0 Å². The van der Waals surface area contributed by atoms with Crippen LogP contribution in [0.4, 0.5) is 4.79 Å². The van der Waals surface area contributed by atoms with Crippen LogP contribution in [0, 0.1) is 0 Å². The molecule has 3 rings (SSSR count). The summed E-state index contributed by atoms with van der Waals surface area (Å²) >= 11 is 0. The molecule has 0 saturated heterocycles.